The minimum absolute atomic E-state index is 0.724. The molecule has 1 saturated heterocycles. The van der Waals surface area contributed by atoms with E-state index < -0.39 is 43.1 Å². The number of carbonyl (C=O) groups excluding carboxylic acids is 1. The van der Waals surface area contributed by atoms with Crippen LogP contribution >= 0.6 is 0 Å². The van der Waals surface area contributed by atoms with E-state index in [1.807, 2.05) is 0 Å². The standard InChI is InChI=1S/C7H12O7/c8-1-2(9)6-4(11)3(10)5(12)7(13)14-6/h2-6,8-12H,1H2/t2-,3-,4-,5-,6-/m1/s1. The molecule has 1 heterocycles. The number of carbonyl (C=O) groups is 1. The van der Waals surface area contributed by atoms with E-state index in [0.29, 0.717) is 0 Å². The van der Waals surface area contributed by atoms with Crippen LogP contribution in [0.3, 0.4) is 0 Å². The zero-order valence-corrected chi connectivity index (χ0v) is 7.15. The van der Waals surface area contributed by atoms with Gasteiger partial charge in [-0.15, -0.1) is 0 Å². The topological polar surface area (TPSA) is 127 Å². The molecule has 0 aromatic rings. The highest BCUT2D eigenvalue weighted by Gasteiger charge is 2.46. The predicted molar refractivity (Wildman–Crippen MR) is 41.0 cm³/mol. The van der Waals surface area contributed by atoms with Crippen molar-refractivity contribution < 1.29 is 35.1 Å². The largest absolute Gasteiger partial charge is 0.455 e. The number of rotatable bonds is 2. The first-order chi connectivity index (χ1) is 6.49. The van der Waals surface area contributed by atoms with Gasteiger partial charge in [0.25, 0.3) is 0 Å². The Kier molecular flexibility index (Phi) is 3.40. The molecule has 1 aliphatic rings. The molecule has 7 nitrogen and oxygen atoms in total. The lowest BCUT2D eigenvalue weighted by atomic mass is 9.96. The van der Waals surface area contributed by atoms with Gasteiger partial charge in [-0.3, -0.25) is 0 Å². The highest BCUT2D eigenvalue weighted by molar-refractivity contribution is 5.76. The van der Waals surface area contributed by atoms with Crippen molar-refractivity contribution in [3.8, 4) is 0 Å². The molecule has 1 aliphatic heterocycles. The maximum absolute atomic E-state index is 10.8. The highest BCUT2D eigenvalue weighted by Crippen LogP contribution is 2.19. The van der Waals surface area contributed by atoms with Crippen LogP contribution in [0.25, 0.3) is 0 Å². The first kappa shape index (κ1) is 11.3. The van der Waals surface area contributed by atoms with Crippen LogP contribution in [0.5, 0.6) is 0 Å². The Hall–Kier alpha value is -0.730. The van der Waals surface area contributed by atoms with Crippen LogP contribution in [-0.2, 0) is 9.53 Å². The summed E-state index contributed by atoms with van der Waals surface area (Å²) in [6, 6.07) is 0. The molecule has 5 atom stereocenters. The van der Waals surface area contributed by atoms with Gasteiger partial charge in [-0.25, -0.2) is 4.79 Å². The molecular formula is C7H12O7. The summed E-state index contributed by atoms with van der Waals surface area (Å²) >= 11 is 0. The Labute approximate surface area is 79.2 Å². The van der Waals surface area contributed by atoms with Crippen molar-refractivity contribution in [3.63, 3.8) is 0 Å². The van der Waals surface area contributed by atoms with Gasteiger partial charge >= 0.3 is 5.97 Å². The molecule has 5 N–H and O–H groups in total. The molecule has 0 aliphatic carbocycles. The van der Waals surface area contributed by atoms with E-state index in [2.05, 4.69) is 4.74 Å². The summed E-state index contributed by atoms with van der Waals surface area (Å²) in [6.07, 6.45) is -8.08. The lowest BCUT2D eigenvalue weighted by molar-refractivity contribution is -0.217. The maximum atomic E-state index is 10.8. The van der Waals surface area contributed by atoms with E-state index >= 15 is 0 Å². The monoisotopic (exact) mass is 208 g/mol. The van der Waals surface area contributed by atoms with Crippen molar-refractivity contribution in [2.75, 3.05) is 6.61 Å². The van der Waals surface area contributed by atoms with Crippen molar-refractivity contribution in [3.05, 3.63) is 0 Å². The number of esters is 1. The quantitative estimate of drug-likeness (QED) is 0.296. The number of aliphatic hydroxyl groups is 5. The summed E-state index contributed by atoms with van der Waals surface area (Å²) in [7, 11) is 0. The molecule has 14 heavy (non-hydrogen) atoms. The van der Waals surface area contributed by atoms with Gasteiger partial charge in [0.2, 0.25) is 0 Å². The molecule has 0 radical (unpaired) electrons. The summed E-state index contributed by atoms with van der Waals surface area (Å²) in [5.41, 5.74) is 0. The molecule has 0 amide bonds. The molecular weight excluding hydrogens is 196 g/mol. The van der Waals surface area contributed by atoms with Crippen molar-refractivity contribution in [2.45, 2.75) is 30.5 Å². The molecule has 7 heteroatoms. The van der Waals surface area contributed by atoms with Crippen molar-refractivity contribution in [1.82, 2.24) is 0 Å². The minimum Gasteiger partial charge on any atom is -0.455 e. The second kappa shape index (κ2) is 4.20. The molecule has 1 fully saturated rings. The molecule has 0 unspecified atom stereocenters. The lowest BCUT2D eigenvalue weighted by Crippen LogP contribution is -2.59. The Bertz CT molecular complexity index is 218. The van der Waals surface area contributed by atoms with Gasteiger partial charge in [0.05, 0.1) is 6.61 Å². The number of cyclic esters (lactones) is 1. The first-order valence-electron chi connectivity index (χ1n) is 4.02. The summed E-state index contributed by atoms with van der Waals surface area (Å²) in [6.45, 7) is -0.724. The molecule has 82 valence electrons. The van der Waals surface area contributed by atoms with Crippen molar-refractivity contribution in [2.24, 2.45) is 0 Å². The van der Waals surface area contributed by atoms with E-state index in [4.69, 9.17) is 20.4 Å². The van der Waals surface area contributed by atoms with Gasteiger partial charge in [-0.2, -0.15) is 0 Å². The number of ether oxygens (including phenoxy) is 1. The number of hydrogen-bond acceptors (Lipinski definition) is 7. The van der Waals surface area contributed by atoms with Gasteiger partial charge in [0, 0.05) is 0 Å². The molecule has 0 bridgehead atoms. The normalized spacial score (nSPS) is 40.5. The number of aliphatic hydroxyl groups excluding tert-OH is 5. The smallest absolute Gasteiger partial charge is 0.338 e. The Morgan fingerprint density at radius 1 is 1.29 bits per heavy atom. The van der Waals surface area contributed by atoms with Crippen LogP contribution < -0.4 is 0 Å². The molecule has 0 aromatic carbocycles. The fourth-order valence-corrected chi connectivity index (χ4v) is 1.20. The third kappa shape index (κ3) is 1.86. The Morgan fingerprint density at radius 3 is 2.36 bits per heavy atom. The van der Waals surface area contributed by atoms with E-state index in [9.17, 15) is 9.90 Å². The van der Waals surface area contributed by atoms with E-state index in [1.54, 1.807) is 0 Å². The zero-order chi connectivity index (χ0) is 10.9. The summed E-state index contributed by atoms with van der Waals surface area (Å²) in [5, 5.41) is 45.0. The maximum Gasteiger partial charge on any atom is 0.338 e. The van der Waals surface area contributed by atoms with Crippen LogP contribution in [0.2, 0.25) is 0 Å². The second-order valence-corrected chi connectivity index (χ2v) is 3.08. The van der Waals surface area contributed by atoms with E-state index in [0.717, 1.165) is 0 Å². The van der Waals surface area contributed by atoms with Crippen molar-refractivity contribution in [1.29, 1.82) is 0 Å². The lowest BCUT2D eigenvalue weighted by Gasteiger charge is -2.35. The summed E-state index contributed by atoms with van der Waals surface area (Å²) in [5.74, 6) is -1.14. The fourth-order valence-electron chi connectivity index (χ4n) is 1.20. The van der Waals surface area contributed by atoms with Crippen molar-refractivity contribution >= 4 is 5.97 Å². The van der Waals surface area contributed by atoms with E-state index in [-0.39, 0.29) is 0 Å². The fraction of sp³-hybridized carbons (Fsp3) is 0.857. The summed E-state index contributed by atoms with van der Waals surface area (Å²) in [4.78, 5) is 10.8. The van der Waals surface area contributed by atoms with Gasteiger partial charge in [-0.05, 0) is 0 Å². The third-order valence-corrected chi connectivity index (χ3v) is 2.07. The SMILES string of the molecule is O=C1O[C@H]([C@H](O)CO)[C@H](O)[C@@H](O)[C@H]1O. The minimum atomic E-state index is -1.83. The average molecular weight is 208 g/mol. The van der Waals surface area contributed by atoms with Crippen LogP contribution in [-0.4, -0.2) is 68.6 Å². The zero-order valence-electron chi connectivity index (χ0n) is 7.15. The Balaban J connectivity index is 2.75. The Morgan fingerprint density at radius 2 is 1.86 bits per heavy atom. The van der Waals surface area contributed by atoms with Gasteiger partial charge in [-0.1, -0.05) is 0 Å². The molecule has 0 saturated carbocycles. The third-order valence-electron chi connectivity index (χ3n) is 2.07. The van der Waals surface area contributed by atoms with Gasteiger partial charge in [0.15, 0.2) is 12.2 Å². The van der Waals surface area contributed by atoms with Crippen LogP contribution in [0.1, 0.15) is 0 Å². The van der Waals surface area contributed by atoms with Crippen LogP contribution in [0.4, 0.5) is 0 Å². The second-order valence-electron chi connectivity index (χ2n) is 3.08. The van der Waals surface area contributed by atoms with Gasteiger partial charge < -0.3 is 30.3 Å². The van der Waals surface area contributed by atoms with Crippen LogP contribution in [0, 0.1) is 0 Å². The summed E-state index contributed by atoms with van der Waals surface area (Å²) < 4.78 is 4.43. The molecule has 0 aromatic heterocycles. The van der Waals surface area contributed by atoms with Gasteiger partial charge in [0.1, 0.15) is 18.3 Å². The first-order valence-corrected chi connectivity index (χ1v) is 4.02. The predicted octanol–water partition coefficient (Wildman–Crippen LogP) is -3.65. The number of hydrogen-bond donors (Lipinski definition) is 5. The van der Waals surface area contributed by atoms with Crippen LogP contribution in [0.15, 0.2) is 0 Å². The highest BCUT2D eigenvalue weighted by atomic mass is 16.6. The van der Waals surface area contributed by atoms with E-state index in [1.165, 1.54) is 0 Å². The average Bonchev–Trinajstić information content (AvgIpc) is 2.19. The molecule has 1 rings (SSSR count). The molecule has 0 spiro atoms.